The van der Waals surface area contributed by atoms with Crippen LogP contribution in [0.15, 0.2) is 12.3 Å². The highest BCUT2D eigenvalue weighted by molar-refractivity contribution is 6.18. The van der Waals surface area contributed by atoms with Gasteiger partial charge in [-0.15, -0.1) is 23.2 Å². The van der Waals surface area contributed by atoms with Gasteiger partial charge in [0.15, 0.2) is 0 Å². The van der Waals surface area contributed by atoms with Crippen LogP contribution >= 0.6 is 23.2 Å². The number of hydrogen-bond donors (Lipinski definition) is 0. The number of esters is 1. The van der Waals surface area contributed by atoms with E-state index in [1.165, 1.54) is 6.08 Å². The number of carbonyl (C=O) groups is 1. The molecule has 0 aliphatic heterocycles. The molecule has 3 nitrogen and oxygen atoms in total. The summed E-state index contributed by atoms with van der Waals surface area (Å²) >= 11 is 11.2. The molecule has 0 spiro atoms. The summed E-state index contributed by atoms with van der Waals surface area (Å²) in [5.41, 5.74) is 0. The first-order chi connectivity index (χ1) is 7.74. The molecule has 16 heavy (non-hydrogen) atoms. The number of halogens is 2. The van der Waals surface area contributed by atoms with Crippen LogP contribution in [0.25, 0.3) is 0 Å². The van der Waals surface area contributed by atoms with Gasteiger partial charge in [0.2, 0.25) is 0 Å². The van der Waals surface area contributed by atoms with Crippen molar-refractivity contribution in [3.05, 3.63) is 12.3 Å². The van der Waals surface area contributed by atoms with Gasteiger partial charge in [-0.3, -0.25) is 0 Å². The van der Waals surface area contributed by atoms with Crippen LogP contribution in [-0.2, 0) is 9.53 Å². The first-order valence-corrected chi connectivity index (χ1v) is 6.52. The van der Waals surface area contributed by atoms with E-state index in [1.807, 2.05) is 11.8 Å². The van der Waals surface area contributed by atoms with Gasteiger partial charge in [-0.25, -0.2) is 4.79 Å². The van der Waals surface area contributed by atoms with Crippen molar-refractivity contribution in [2.75, 3.05) is 31.5 Å². The lowest BCUT2D eigenvalue weighted by Crippen LogP contribution is -2.22. The Morgan fingerprint density at radius 2 is 1.94 bits per heavy atom. The second-order valence-corrected chi connectivity index (χ2v) is 4.01. The van der Waals surface area contributed by atoms with Crippen molar-refractivity contribution in [1.82, 2.24) is 4.90 Å². The van der Waals surface area contributed by atoms with E-state index in [1.54, 1.807) is 6.20 Å². The molecule has 0 aromatic rings. The maximum Gasteiger partial charge on any atom is 0.332 e. The minimum atomic E-state index is -0.317. The topological polar surface area (TPSA) is 29.5 Å². The molecule has 0 atom stereocenters. The Morgan fingerprint density at radius 3 is 2.44 bits per heavy atom. The Morgan fingerprint density at radius 1 is 1.31 bits per heavy atom. The molecule has 0 saturated heterocycles. The number of carbonyl (C=O) groups excluding carboxylic acids is 1. The van der Waals surface area contributed by atoms with Gasteiger partial charge < -0.3 is 9.64 Å². The summed E-state index contributed by atoms with van der Waals surface area (Å²) in [5.74, 6) is 0.695. The average Bonchev–Trinajstić information content (AvgIpc) is 2.27. The fraction of sp³-hybridized carbons (Fsp3) is 0.727. The first-order valence-electron chi connectivity index (χ1n) is 5.45. The third-order valence-corrected chi connectivity index (χ3v) is 2.25. The highest BCUT2D eigenvalue weighted by Crippen LogP contribution is 1.95. The Bertz CT molecular complexity index is 204. The summed E-state index contributed by atoms with van der Waals surface area (Å²) in [6, 6.07) is 0. The minimum absolute atomic E-state index is 0.317. The molecule has 5 heteroatoms. The van der Waals surface area contributed by atoms with Gasteiger partial charge in [0.1, 0.15) is 0 Å². The van der Waals surface area contributed by atoms with E-state index in [0.29, 0.717) is 31.5 Å². The Hall–Kier alpha value is -0.410. The maximum atomic E-state index is 11.2. The van der Waals surface area contributed by atoms with E-state index in [9.17, 15) is 4.79 Å². The zero-order valence-electron chi connectivity index (χ0n) is 9.62. The van der Waals surface area contributed by atoms with Crippen molar-refractivity contribution in [2.24, 2.45) is 0 Å². The molecule has 0 rings (SSSR count). The molecule has 0 amide bonds. The number of unbranched alkanes of at least 4 members (excludes halogenated alkanes) is 1. The van der Waals surface area contributed by atoms with E-state index in [0.717, 1.165) is 12.8 Å². The number of ether oxygens (including phenoxy) is 1. The highest BCUT2D eigenvalue weighted by Gasteiger charge is 2.00. The molecule has 0 fully saturated rings. The monoisotopic (exact) mass is 267 g/mol. The zero-order chi connectivity index (χ0) is 12.2. The highest BCUT2D eigenvalue weighted by atomic mass is 35.5. The molecule has 0 aromatic heterocycles. The van der Waals surface area contributed by atoms with Crippen LogP contribution in [0, 0.1) is 0 Å². The second-order valence-electron chi connectivity index (χ2n) is 3.25. The van der Waals surface area contributed by atoms with Crippen molar-refractivity contribution in [3.63, 3.8) is 0 Å². The molecular formula is C11H19Cl2NO2. The van der Waals surface area contributed by atoms with Crippen LogP contribution in [-0.4, -0.2) is 42.3 Å². The van der Waals surface area contributed by atoms with Crippen LogP contribution in [0.1, 0.15) is 19.8 Å². The third-order valence-electron chi connectivity index (χ3n) is 1.91. The second kappa shape index (κ2) is 11.1. The first kappa shape index (κ1) is 15.6. The van der Waals surface area contributed by atoms with E-state index >= 15 is 0 Å². The summed E-state index contributed by atoms with van der Waals surface area (Å²) in [5, 5.41) is 0. The molecule has 0 N–H and O–H groups in total. The summed E-state index contributed by atoms with van der Waals surface area (Å²) < 4.78 is 4.97. The van der Waals surface area contributed by atoms with Gasteiger partial charge in [0, 0.05) is 37.1 Å². The Balaban J connectivity index is 3.86. The molecule has 0 aromatic carbocycles. The van der Waals surface area contributed by atoms with Crippen LogP contribution < -0.4 is 0 Å². The summed E-state index contributed by atoms with van der Waals surface area (Å²) in [4.78, 5) is 13.1. The fourth-order valence-electron chi connectivity index (χ4n) is 1.01. The summed E-state index contributed by atoms with van der Waals surface area (Å²) in [6.45, 7) is 3.87. The molecule has 0 aliphatic rings. The minimum Gasteiger partial charge on any atom is -0.462 e. The predicted molar refractivity (Wildman–Crippen MR) is 68.0 cm³/mol. The van der Waals surface area contributed by atoms with Crippen molar-refractivity contribution >= 4 is 29.2 Å². The summed E-state index contributed by atoms with van der Waals surface area (Å²) in [7, 11) is 0. The van der Waals surface area contributed by atoms with E-state index < -0.39 is 0 Å². The van der Waals surface area contributed by atoms with Crippen LogP contribution in [0.4, 0.5) is 0 Å². The molecule has 0 radical (unpaired) electrons. The standard InChI is InChI=1S/C11H19Cl2NO2/c1-2-3-10-16-11(15)4-7-14(8-5-12)9-6-13/h4,7H,2-3,5-6,8-10H2,1H3/b7-4+. The quantitative estimate of drug-likeness (QED) is 0.278. The molecule has 0 saturated carbocycles. The average molecular weight is 268 g/mol. The molecule has 0 unspecified atom stereocenters. The SMILES string of the molecule is CCCCOC(=O)/C=C/N(CCCl)CCCl. The van der Waals surface area contributed by atoms with Gasteiger partial charge in [-0.2, -0.15) is 0 Å². The van der Waals surface area contributed by atoms with E-state index in [-0.39, 0.29) is 5.97 Å². The molecule has 94 valence electrons. The largest absolute Gasteiger partial charge is 0.462 e. The molecule has 0 heterocycles. The van der Waals surface area contributed by atoms with Crippen LogP contribution in [0.5, 0.6) is 0 Å². The molecule has 0 aliphatic carbocycles. The van der Waals surface area contributed by atoms with Gasteiger partial charge in [0.25, 0.3) is 0 Å². The third kappa shape index (κ3) is 8.86. The van der Waals surface area contributed by atoms with Crippen molar-refractivity contribution < 1.29 is 9.53 Å². The predicted octanol–water partition coefficient (Wildman–Crippen LogP) is 2.62. The lowest BCUT2D eigenvalue weighted by Gasteiger charge is -2.16. The maximum absolute atomic E-state index is 11.2. The van der Waals surface area contributed by atoms with Crippen molar-refractivity contribution in [1.29, 1.82) is 0 Å². The van der Waals surface area contributed by atoms with Crippen LogP contribution in [0.2, 0.25) is 0 Å². The normalized spacial score (nSPS) is 10.7. The molecule has 0 bridgehead atoms. The lowest BCUT2D eigenvalue weighted by atomic mass is 10.4. The summed E-state index contributed by atoms with van der Waals surface area (Å²) in [6.07, 6.45) is 5.00. The van der Waals surface area contributed by atoms with Crippen molar-refractivity contribution in [3.8, 4) is 0 Å². The lowest BCUT2D eigenvalue weighted by molar-refractivity contribution is -0.137. The zero-order valence-corrected chi connectivity index (χ0v) is 11.1. The van der Waals surface area contributed by atoms with Gasteiger partial charge >= 0.3 is 5.97 Å². The fourth-order valence-corrected chi connectivity index (χ4v) is 1.44. The van der Waals surface area contributed by atoms with E-state index in [4.69, 9.17) is 27.9 Å². The number of alkyl halides is 2. The number of nitrogens with zero attached hydrogens (tertiary/aromatic N) is 1. The number of hydrogen-bond acceptors (Lipinski definition) is 3. The van der Waals surface area contributed by atoms with Gasteiger partial charge in [0.05, 0.1) is 6.61 Å². The number of rotatable bonds is 9. The Kier molecular flexibility index (Phi) is 10.8. The van der Waals surface area contributed by atoms with Gasteiger partial charge in [-0.05, 0) is 6.42 Å². The molecular weight excluding hydrogens is 249 g/mol. The Labute approximate surface area is 107 Å². The van der Waals surface area contributed by atoms with Gasteiger partial charge in [-0.1, -0.05) is 13.3 Å². The smallest absolute Gasteiger partial charge is 0.332 e. The van der Waals surface area contributed by atoms with E-state index in [2.05, 4.69) is 0 Å². The van der Waals surface area contributed by atoms with Crippen LogP contribution in [0.3, 0.4) is 0 Å². The van der Waals surface area contributed by atoms with Crippen molar-refractivity contribution in [2.45, 2.75) is 19.8 Å².